The van der Waals surface area contributed by atoms with Gasteiger partial charge in [0.15, 0.2) is 0 Å². The Labute approximate surface area is 124 Å². The van der Waals surface area contributed by atoms with Crippen molar-refractivity contribution in [2.45, 2.75) is 19.3 Å². The van der Waals surface area contributed by atoms with Crippen LogP contribution in [0.2, 0.25) is 5.15 Å². The van der Waals surface area contributed by atoms with E-state index >= 15 is 0 Å². The molecule has 1 unspecified atom stereocenters. The van der Waals surface area contributed by atoms with Gasteiger partial charge in [0.25, 0.3) is 5.91 Å². The molecule has 0 fully saturated rings. The second-order valence-corrected chi connectivity index (χ2v) is 4.98. The molecule has 0 radical (unpaired) electrons. The van der Waals surface area contributed by atoms with Crippen LogP contribution in [-0.2, 0) is 0 Å². The Morgan fingerprint density at radius 1 is 1.25 bits per heavy atom. The number of rotatable bonds is 5. The first kappa shape index (κ1) is 14.5. The van der Waals surface area contributed by atoms with Crippen molar-refractivity contribution in [1.82, 2.24) is 10.3 Å². The molecule has 0 saturated carbocycles. The van der Waals surface area contributed by atoms with Gasteiger partial charge < -0.3 is 5.32 Å². The summed E-state index contributed by atoms with van der Waals surface area (Å²) in [6, 6.07) is 13.5. The number of nitrogens with one attached hydrogen (secondary N) is 1. The molecular weight excluding hydrogens is 272 g/mol. The summed E-state index contributed by atoms with van der Waals surface area (Å²) in [5, 5.41) is 3.33. The second kappa shape index (κ2) is 7.06. The summed E-state index contributed by atoms with van der Waals surface area (Å²) in [7, 11) is 0. The molecule has 0 spiro atoms. The summed E-state index contributed by atoms with van der Waals surface area (Å²) in [5.74, 6) is 0.198. The van der Waals surface area contributed by atoms with Crippen molar-refractivity contribution in [3.8, 4) is 0 Å². The van der Waals surface area contributed by atoms with E-state index in [1.807, 2.05) is 18.2 Å². The number of benzene rings is 1. The maximum Gasteiger partial charge on any atom is 0.252 e. The first-order valence-electron chi connectivity index (χ1n) is 6.65. The van der Waals surface area contributed by atoms with Crippen molar-refractivity contribution in [1.29, 1.82) is 0 Å². The molecule has 2 rings (SSSR count). The third-order valence-electron chi connectivity index (χ3n) is 3.26. The van der Waals surface area contributed by atoms with E-state index in [1.165, 1.54) is 11.8 Å². The molecule has 0 saturated heterocycles. The number of carbonyl (C=O) groups is 1. The van der Waals surface area contributed by atoms with Crippen molar-refractivity contribution in [2.24, 2.45) is 0 Å². The van der Waals surface area contributed by atoms with E-state index in [4.69, 9.17) is 11.6 Å². The lowest BCUT2D eigenvalue weighted by Gasteiger charge is -2.16. The van der Waals surface area contributed by atoms with E-state index in [1.54, 1.807) is 12.1 Å². The number of pyridine rings is 1. The minimum atomic E-state index is -0.122. The Morgan fingerprint density at radius 2 is 2.00 bits per heavy atom. The third-order valence-corrected chi connectivity index (χ3v) is 3.49. The Balaban J connectivity index is 1.96. The topological polar surface area (TPSA) is 42.0 Å². The summed E-state index contributed by atoms with van der Waals surface area (Å²) in [6.45, 7) is 2.73. The van der Waals surface area contributed by atoms with Crippen LogP contribution in [0.25, 0.3) is 0 Å². The monoisotopic (exact) mass is 288 g/mol. The van der Waals surface area contributed by atoms with Crippen molar-refractivity contribution < 1.29 is 4.79 Å². The van der Waals surface area contributed by atoms with Crippen molar-refractivity contribution in [3.63, 3.8) is 0 Å². The summed E-state index contributed by atoms with van der Waals surface area (Å²) in [6.07, 6.45) is 2.46. The molecular formula is C16H17ClN2O. The van der Waals surface area contributed by atoms with Gasteiger partial charge in [0, 0.05) is 18.7 Å². The van der Waals surface area contributed by atoms with Gasteiger partial charge in [-0.2, -0.15) is 0 Å². The van der Waals surface area contributed by atoms with E-state index in [9.17, 15) is 4.79 Å². The zero-order valence-corrected chi connectivity index (χ0v) is 12.1. The van der Waals surface area contributed by atoms with Gasteiger partial charge in [-0.15, -0.1) is 0 Å². The molecule has 0 aliphatic carbocycles. The number of aromatic nitrogens is 1. The summed E-state index contributed by atoms with van der Waals surface area (Å²) >= 11 is 5.70. The lowest BCUT2D eigenvalue weighted by atomic mass is 9.96. The Hall–Kier alpha value is -1.87. The van der Waals surface area contributed by atoms with Gasteiger partial charge in [-0.25, -0.2) is 4.98 Å². The molecule has 1 aromatic carbocycles. The molecule has 1 aromatic heterocycles. The molecule has 1 heterocycles. The largest absolute Gasteiger partial charge is 0.351 e. The smallest absolute Gasteiger partial charge is 0.252 e. The Morgan fingerprint density at radius 3 is 2.60 bits per heavy atom. The van der Waals surface area contributed by atoms with Gasteiger partial charge >= 0.3 is 0 Å². The fourth-order valence-corrected chi connectivity index (χ4v) is 2.16. The summed E-state index contributed by atoms with van der Waals surface area (Å²) < 4.78 is 0. The highest BCUT2D eigenvalue weighted by atomic mass is 35.5. The number of hydrogen-bond acceptors (Lipinski definition) is 2. The van der Waals surface area contributed by atoms with E-state index < -0.39 is 0 Å². The van der Waals surface area contributed by atoms with E-state index in [-0.39, 0.29) is 5.91 Å². The van der Waals surface area contributed by atoms with Crippen LogP contribution < -0.4 is 5.32 Å². The second-order valence-electron chi connectivity index (χ2n) is 4.60. The first-order valence-corrected chi connectivity index (χ1v) is 7.03. The van der Waals surface area contributed by atoms with Gasteiger partial charge in [-0.05, 0) is 24.1 Å². The zero-order chi connectivity index (χ0) is 14.4. The molecule has 4 heteroatoms. The fourth-order valence-electron chi connectivity index (χ4n) is 2.05. The lowest BCUT2D eigenvalue weighted by Crippen LogP contribution is -2.28. The molecule has 0 bridgehead atoms. The van der Waals surface area contributed by atoms with Crippen LogP contribution in [0.5, 0.6) is 0 Å². The third kappa shape index (κ3) is 3.81. The van der Waals surface area contributed by atoms with Crippen LogP contribution in [0, 0.1) is 0 Å². The zero-order valence-electron chi connectivity index (χ0n) is 11.3. The van der Waals surface area contributed by atoms with Crippen LogP contribution in [0.4, 0.5) is 0 Å². The summed E-state index contributed by atoms with van der Waals surface area (Å²) in [5.41, 5.74) is 1.77. The van der Waals surface area contributed by atoms with E-state index in [0.717, 1.165) is 6.42 Å². The number of nitrogens with zero attached hydrogens (tertiary/aromatic N) is 1. The van der Waals surface area contributed by atoms with Crippen LogP contribution >= 0.6 is 11.6 Å². The molecule has 0 aliphatic rings. The Kier molecular flexibility index (Phi) is 5.13. The molecule has 2 aromatic rings. The minimum absolute atomic E-state index is 0.122. The predicted octanol–water partition coefficient (Wildman–Crippen LogP) is 3.66. The molecule has 1 amide bonds. The molecule has 1 N–H and O–H groups in total. The highest BCUT2D eigenvalue weighted by Crippen LogP contribution is 2.18. The Bertz CT molecular complexity index is 554. The van der Waals surface area contributed by atoms with E-state index in [2.05, 4.69) is 29.4 Å². The lowest BCUT2D eigenvalue weighted by molar-refractivity contribution is 0.0950. The average molecular weight is 289 g/mol. The highest BCUT2D eigenvalue weighted by molar-refractivity contribution is 6.29. The van der Waals surface area contributed by atoms with Crippen molar-refractivity contribution >= 4 is 17.5 Å². The van der Waals surface area contributed by atoms with Crippen LogP contribution in [0.15, 0.2) is 48.7 Å². The maximum atomic E-state index is 12.0. The molecule has 20 heavy (non-hydrogen) atoms. The highest BCUT2D eigenvalue weighted by Gasteiger charge is 2.12. The maximum absolute atomic E-state index is 12.0. The number of hydrogen-bond donors (Lipinski definition) is 1. The molecule has 104 valence electrons. The predicted molar refractivity (Wildman–Crippen MR) is 81.1 cm³/mol. The SMILES string of the molecule is CCC(CNC(=O)c1ccc(Cl)nc1)c1ccccc1. The van der Waals surface area contributed by atoms with Gasteiger partial charge in [0.2, 0.25) is 0 Å². The molecule has 3 nitrogen and oxygen atoms in total. The van der Waals surface area contributed by atoms with Gasteiger partial charge in [0.05, 0.1) is 5.56 Å². The van der Waals surface area contributed by atoms with Gasteiger partial charge in [0.1, 0.15) is 5.15 Å². The number of carbonyl (C=O) groups excluding carboxylic acids is 1. The quantitative estimate of drug-likeness (QED) is 0.853. The summed E-state index contributed by atoms with van der Waals surface area (Å²) in [4.78, 5) is 15.9. The van der Waals surface area contributed by atoms with Crippen LogP contribution in [0.1, 0.15) is 35.2 Å². The molecule has 1 atom stereocenters. The van der Waals surface area contributed by atoms with Crippen LogP contribution in [0.3, 0.4) is 0 Å². The average Bonchev–Trinajstić information content (AvgIpc) is 2.49. The molecule has 0 aliphatic heterocycles. The minimum Gasteiger partial charge on any atom is -0.351 e. The van der Waals surface area contributed by atoms with Gasteiger partial charge in [-0.1, -0.05) is 48.9 Å². The normalized spacial score (nSPS) is 11.9. The van der Waals surface area contributed by atoms with Gasteiger partial charge in [-0.3, -0.25) is 4.79 Å². The first-order chi connectivity index (χ1) is 9.70. The number of amides is 1. The standard InChI is InChI=1S/C16H17ClN2O/c1-2-12(13-6-4-3-5-7-13)10-19-16(20)14-8-9-15(17)18-11-14/h3-9,11-12H,2,10H2,1H3,(H,19,20). The number of halogens is 1. The van der Waals surface area contributed by atoms with Crippen molar-refractivity contribution in [3.05, 3.63) is 64.9 Å². The van der Waals surface area contributed by atoms with Crippen molar-refractivity contribution in [2.75, 3.05) is 6.54 Å². The van der Waals surface area contributed by atoms with E-state index in [0.29, 0.717) is 23.2 Å². The fraction of sp³-hybridized carbons (Fsp3) is 0.250. The van der Waals surface area contributed by atoms with Crippen LogP contribution in [-0.4, -0.2) is 17.4 Å².